The quantitative estimate of drug-likeness (QED) is 0.908. The van der Waals surface area contributed by atoms with E-state index in [0.29, 0.717) is 26.0 Å². The van der Waals surface area contributed by atoms with E-state index in [4.69, 9.17) is 10.5 Å². The van der Waals surface area contributed by atoms with Crippen LogP contribution in [0.5, 0.6) is 5.75 Å². The van der Waals surface area contributed by atoms with E-state index in [0.717, 1.165) is 11.3 Å². The zero-order valence-electron chi connectivity index (χ0n) is 11.3. The lowest BCUT2D eigenvalue weighted by molar-refractivity contribution is -0.0509. The first-order chi connectivity index (χ1) is 9.01. The fourth-order valence-electron chi connectivity index (χ4n) is 2.79. The van der Waals surface area contributed by atoms with E-state index in [-0.39, 0.29) is 18.3 Å². The monoisotopic (exact) mass is 269 g/mol. The normalized spacial score (nSPS) is 21.1. The fraction of sp³-hybridized carbons (Fsp3) is 0.600. The number of alkyl halides is 2. The SMILES string of the molecule is CCOc1cccc(C2(CN)CCC(F)(F)CC2)c1. The van der Waals surface area contributed by atoms with Crippen LogP contribution in [0.15, 0.2) is 24.3 Å². The molecule has 0 heterocycles. The number of nitrogens with two attached hydrogens (primary N) is 1. The van der Waals surface area contributed by atoms with Gasteiger partial charge in [-0.1, -0.05) is 12.1 Å². The molecule has 1 saturated carbocycles. The zero-order valence-corrected chi connectivity index (χ0v) is 11.3. The van der Waals surface area contributed by atoms with Crippen LogP contribution in [0.2, 0.25) is 0 Å². The summed E-state index contributed by atoms with van der Waals surface area (Å²) in [5.41, 5.74) is 6.60. The van der Waals surface area contributed by atoms with Crippen LogP contribution in [0.3, 0.4) is 0 Å². The summed E-state index contributed by atoms with van der Waals surface area (Å²) in [5, 5.41) is 0. The van der Waals surface area contributed by atoms with E-state index in [1.54, 1.807) is 0 Å². The van der Waals surface area contributed by atoms with Crippen LogP contribution in [0, 0.1) is 0 Å². The highest BCUT2D eigenvalue weighted by molar-refractivity contribution is 5.35. The molecule has 4 heteroatoms. The maximum atomic E-state index is 13.3. The smallest absolute Gasteiger partial charge is 0.248 e. The van der Waals surface area contributed by atoms with Crippen LogP contribution in [0.1, 0.15) is 38.2 Å². The summed E-state index contributed by atoms with van der Waals surface area (Å²) in [6, 6.07) is 7.71. The predicted molar refractivity (Wildman–Crippen MR) is 71.8 cm³/mol. The lowest BCUT2D eigenvalue weighted by Crippen LogP contribution is -2.42. The highest BCUT2D eigenvalue weighted by Gasteiger charge is 2.43. The van der Waals surface area contributed by atoms with Crippen LogP contribution in [0.25, 0.3) is 0 Å². The van der Waals surface area contributed by atoms with Gasteiger partial charge in [0.25, 0.3) is 0 Å². The topological polar surface area (TPSA) is 35.2 Å². The summed E-state index contributed by atoms with van der Waals surface area (Å²) in [4.78, 5) is 0. The molecule has 0 unspecified atom stereocenters. The van der Waals surface area contributed by atoms with Gasteiger partial charge in [-0.2, -0.15) is 0 Å². The molecule has 1 aliphatic rings. The molecule has 2 nitrogen and oxygen atoms in total. The van der Waals surface area contributed by atoms with Crippen molar-refractivity contribution in [3.63, 3.8) is 0 Å². The average Bonchev–Trinajstić information content (AvgIpc) is 2.40. The second-order valence-corrected chi connectivity index (χ2v) is 5.30. The maximum absolute atomic E-state index is 13.3. The first-order valence-electron chi connectivity index (χ1n) is 6.83. The first kappa shape index (κ1) is 14.3. The lowest BCUT2D eigenvalue weighted by atomic mass is 9.68. The van der Waals surface area contributed by atoms with Crippen molar-refractivity contribution < 1.29 is 13.5 Å². The molecular formula is C15H21F2NO. The van der Waals surface area contributed by atoms with Crippen molar-refractivity contribution in [2.45, 2.75) is 43.9 Å². The van der Waals surface area contributed by atoms with Gasteiger partial charge in [0.2, 0.25) is 5.92 Å². The van der Waals surface area contributed by atoms with E-state index in [1.165, 1.54) is 0 Å². The summed E-state index contributed by atoms with van der Waals surface area (Å²) in [7, 11) is 0. The van der Waals surface area contributed by atoms with Gasteiger partial charge in [-0.3, -0.25) is 0 Å². The molecule has 1 aliphatic carbocycles. The predicted octanol–water partition coefficient (Wildman–Crippen LogP) is 3.49. The van der Waals surface area contributed by atoms with Gasteiger partial charge in [-0.05, 0) is 37.5 Å². The number of hydrogen-bond donors (Lipinski definition) is 1. The molecule has 0 aliphatic heterocycles. The molecule has 0 spiro atoms. The van der Waals surface area contributed by atoms with E-state index in [9.17, 15) is 8.78 Å². The van der Waals surface area contributed by atoms with Crippen molar-refractivity contribution >= 4 is 0 Å². The Morgan fingerprint density at radius 3 is 2.47 bits per heavy atom. The van der Waals surface area contributed by atoms with Gasteiger partial charge < -0.3 is 10.5 Å². The molecule has 1 aromatic rings. The van der Waals surface area contributed by atoms with Gasteiger partial charge in [-0.15, -0.1) is 0 Å². The van der Waals surface area contributed by atoms with E-state index < -0.39 is 5.92 Å². The van der Waals surface area contributed by atoms with Crippen molar-refractivity contribution in [3.05, 3.63) is 29.8 Å². The molecule has 0 saturated heterocycles. The molecule has 19 heavy (non-hydrogen) atoms. The molecular weight excluding hydrogens is 248 g/mol. The summed E-state index contributed by atoms with van der Waals surface area (Å²) < 4.78 is 32.1. The van der Waals surface area contributed by atoms with Crippen LogP contribution in [-0.2, 0) is 5.41 Å². The summed E-state index contributed by atoms with van der Waals surface area (Å²) in [6.45, 7) is 2.92. The van der Waals surface area contributed by atoms with Gasteiger partial charge in [-0.25, -0.2) is 8.78 Å². The van der Waals surface area contributed by atoms with Gasteiger partial charge in [0.15, 0.2) is 0 Å². The molecule has 0 radical (unpaired) electrons. The summed E-state index contributed by atoms with van der Waals surface area (Å²) in [6.07, 6.45) is 0.713. The lowest BCUT2D eigenvalue weighted by Gasteiger charge is -2.40. The Morgan fingerprint density at radius 2 is 1.89 bits per heavy atom. The largest absolute Gasteiger partial charge is 0.494 e. The Hall–Kier alpha value is -1.16. The van der Waals surface area contributed by atoms with Crippen LogP contribution >= 0.6 is 0 Å². The van der Waals surface area contributed by atoms with Gasteiger partial charge >= 0.3 is 0 Å². The highest BCUT2D eigenvalue weighted by atomic mass is 19.3. The van der Waals surface area contributed by atoms with Crippen LogP contribution < -0.4 is 10.5 Å². The Labute approximate surface area is 112 Å². The molecule has 0 bridgehead atoms. The van der Waals surface area contributed by atoms with E-state index in [1.807, 2.05) is 31.2 Å². The van der Waals surface area contributed by atoms with Crippen molar-refractivity contribution in [1.82, 2.24) is 0 Å². The number of benzene rings is 1. The molecule has 106 valence electrons. The molecule has 0 amide bonds. The Morgan fingerprint density at radius 1 is 1.21 bits per heavy atom. The van der Waals surface area contributed by atoms with Crippen molar-refractivity contribution in [1.29, 1.82) is 0 Å². The zero-order chi connectivity index (χ0) is 13.9. The van der Waals surface area contributed by atoms with Gasteiger partial charge in [0.05, 0.1) is 6.61 Å². The molecule has 2 N–H and O–H groups in total. The molecule has 1 aromatic carbocycles. The number of hydrogen-bond acceptors (Lipinski definition) is 2. The van der Waals surface area contributed by atoms with Crippen LogP contribution in [-0.4, -0.2) is 19.1 Å². The standard InChI is InChI=1S/C15H21F2NO/c1-2-19-13-5-3-4-12(10-13)14(11-18)6-8-15(16,17)9-7-14/h3-5,10H,2,6-9,11,18H2,1H3. The first-order valence-corrected chi connectivity index (χ1v) is 6.83. The number of halogens is 2. The second kappa shape index (κ2) is 5.45. The fourth-order valence-corrected chi connectivity index (χ4v) is 2.79. The third-order valence-electron chi connectivity index (χ3n) is 4.09. The second-order valence-electron chi connectivity index (χ2n) is 5.30. The van der Waals surface area contributed by atoms with Gasteiger partial charge in [0.1, 0.15) is 5.75 Å². The average molecular weight is 269 g/mol. The Balaban J connectivity index is 2.24. The minimum Gasteiger partial charge on any atom is -0.494 e. The summed E-state index contributed by atoms with van der Waals surface area (Å²) in [5.74, 6) is -1.75. The third kappa shape index (κ3) is 3.06. The summed E-state index contributed by atoms with van der Waals surface area (Å²) >= 11 is 0. The van der Waals surface area contributed by atoms with Crippen molar-refractivity contribution in [3.8, 4) is 5.75 Å². The minimum atomic E-state index is -2.53. The molecule has 0 aromatic heterocycles. The highest BCUT2D eigenvalue weighted by Crippen LogP contribution is 2.45. The van der Waals surface area contributed by atoms with E-state index >= 15 is 0 Å². The maximum Gasteiger partial charge on any atom is 0.248 e. The van der Waals surface area contributed by atoms with Crippen molar-refractivity contribution in [2.75, 3.05) is 13.2 Å². The van der Waals surface area contributed by atoms with E-state index in [2.05, 4.69) is 0 Å². The number of rotatable bonds is 4. The molecule has 0 atom stereocenters. The molecule has 2 rings (SSSR count). The third-order valence-corrected chi connectivity index (χ3v) is 4.09. The van der Waals surface area contributed by atoms with Gasteiger partial charge in [0, 0.05) is 24.8 Å². The van der Waals surface area contributed by atoms with Crippen molar-refractivity contribution in [2.24, 2.45) is 5.73 Å². The minimum absolute atomic E-state index is 0.0803. The Kier molecular flexibility index (Phi) is 4.09. The van der Waals surface area contributed by atoms with Crippen LogP contribution in [0.4, 0.5) is 8.78 Å². The molecule has 1 fully saturated rings. The number of ether oxygens (including phenoxy) is 1. The Bertz CT molecular complexity index is 424.